The van der Waals surface area contributed by atoms with Gasteiger partial charge in [0.1, 0.15) is 11.6 Å². The Kier molecular flexibility index (Phi) is 3.58. The van der Waals surface area contributed by atoms with Gasteiger partial charge >= 0.3 is 0 Å². The summed E-state index contributed by atoms with van der Waals surface area (Å²) in [4.78, 5) is 8.17. The van der Waals surface area contributed by atoms with Crippen molar-refractivity contribution in [1.29, 1.82) is 0 Å². The van der Waals surface area contributed by atoms with E-state index in [1.54, 1.807) is 12.3 Å². The summed E-state index contributed by atoms with van der Waals surface area (Å²) in [6, 6.07) is 6.52. The highest BCUT2D eigenvalue weighted by Crippen LogP contribution is 2.21. The molecule has 16 heavy (non-hydrogen) atoms. The predicted octanol–water partition coefficient (Wildman–Crippen LogP) is 2.30. The quantitative estimate of drug-likeness (QED) is 0.802. The van der Waals surface area contributed by atoms with Crippen LogP contribution in [0.4, 0.5) is 4.39 Å². The van der Waals surface area contributed by atoms with Gasteiger partial charge in [0.05, 0.1) is 5.75 Å². The molecular weight excluding hydrogens is 225 g/mol. The van der Waals surface area contributed by atoms with Crippen LogP contribution in [0, 0.1) is 5.82 Å². The number of H-pyrrole nitrogens is 1. The number of nitrogens with one attached hydrogen (secondary N) is 1. The molecule has 3 nitrogen and oxygen atoms in total. The zero-order chi connectivity index (χ0) is 11.4. The van der Waals surface area contributed by atoms with Crippen molar-refractivity contribution in [1.82, 2.24) is 9.97 Å². The summed E-state index contributed by atoms with van der Waals surface area (Å²) < 4.78 is 12.9. The van der Waals surface area contributed by atoms with E-state index in [1.165, 1.54) is 23.9 Å². The minimum atomic E-state index is -0.216. The normalized spacial score (nSPS) is 10.6. The van der Waals surface area contributed by atoms with Gasteiger partial charge in [-0.1, -0.05) is 6.07 Å². The lowest BCUT2D eigenvalue weighted by Crippen LogP contribution is -1.96. The average Bonchev–Trinajstić information content (AvgIpc) is 2.74. The second-order valence-electron chi connectivity index (χ2n) is 3.31. The zero-order valence-corrected chi connectivity index (χ0v) is 9.43. The first-order valence-corrected chi connectivity index (χ1v) is 5.87. The van der Waals surface area contributed by atoms with E-state index >= 15 is 0 Å². The second-order valence-corrected chi connectivity index (χ2v) is 4.35. The van der Waals surface area contributed by atoms with E-state index in [-0.39, 0.29) is 5.82 Å². The van der Waals surface area contributed by atoms with Gasteiger partial charge in [-0.15, -0.1) is 11.8 Å². The predicted molar refractivity (Wildman–Crippen MR) is 62.4 cm³/mol. The highest BCUT2D eigenvalue weighted by Gasteiger charge is 2.01. The number of imidazole rings is 1. The lowest BCUT2D eigenvalue weighted by Gasteiger charge is -1.99. The number of hydrogen-bond donors (Lipinski definition) is 2. The molecule has 2 rings (SSSR count). The van der Waals surface area contributed by atoms with Crippen molar-refractivity contribution in [3.63, 3.8) is 0 Å². The van der Waals surface area contributed by atoms with Crippen LogP contribution < -0.4 is 5.73 Å². The van der Waals surface area contributed by atoms with Gasteiger partial charge in [0, 0.05) is 23.3 Å². The summed E-state index contributed by atoms with van der Waals surface area (Å²) in [5.41, 5.74) is 6.37. The van der Waals surface area contributed by atoms with Crippen molar-refractivity contribution < 1.29 is 4.39 Å². The number of aromatic amines is 1. The molecule has 0 saturated carbocycles. The van der Waals surface area contributed by atoms with Crippen molar-refractivity contribution in [2.24, 2.45) is 5.73 Å². The fourth-order valence-corrected chi connectivity index (χ4v) is 2.11. The summed E-state index contributed by atoms with van der Waals surface area (Å²) in [5.74, 6) is 1.32. The third-order valence-corrected chi connectivity index (χ3v) is 3.08. The smallest absolute Gasteiger partial charge is 0.124 e. The number of aromatic nitrogens is 2. The van der Waals surface area contributed by atoms with Gasteiger partial charge in [0.15, 0.2) is 0 Å². The Bertz CT molecular complexity index is 470. The molecule has 1 aromatic carbocycles. The van der Waals surface area contributed by atoms with Gasteiger partial charge in [0.2, 0.25) is 0 Å². The molecule has 0 saturated heterocycles. The van der Waals surface area contributed by atoms with Crippen molar-refractivity contribution in [2.75, 3.05) is 0 Å². The first-order valence-electron chi connectivity index (χ1n) is 4.89. The highest BCUT2D eigenvalue weighted by atomic mass is 32.2. The third-order valence-electron chi connectivity index (χ3n) is 2.07. The van der Waals surface area contributed by atoms with Crippen molar-refractivity contribution >= 4 is 11.8 Å². The van der Waals surface area contributed by atoms with E-state index in [0.717, 1.165) is 16.4 Å². The fourth-order valence-electron chi connectivity index (χ4n) is 1.29. The standard InChI is InChI=1S/C11H12FN3S/c12-8-2-1-3-10(4-8)16-7-11-14-6-9(5-13)15-11/h1-4,6H,5,7,13H2,(H,14,15). The molecule has 0 amide bonds. The number of thioether (sulfide) groups is 1. The van der Waals surface area contributed by atoms with E-state index in [0.29, 0.717) is 12.3 Å². The summed E-state index contributed by atoms with van der Waals surface area (Å²) in [6.07, 6.45) is 1.72. The van der Waals surface area contributed by atoms with Crippen LogP contribution in [0.15, 0.2) is 35.4 Å². The maximum Gasteiger partial charge on any atom is 0.124 e. The molecule has 2 aromatic rings. The summed E-state index contributed by atoms with van der Waals surface area (Å²) in [6.45, 7) is 0.456. The van der Waals surface area contributed by atoms with Crippen molar-refractivity contribution in [3.05, 3.63) is 47.8 Å². The number of halogens is 1. The topological polar surface area (TPSA) is 54.7 Å². The third kappa shape index (κ3) is 2.84. The largest absolute Gasteiger partial charge is 0.344 e. The Morgan fingerprint density at radius 1 is 1.44 bits per heavy atom. The SMILES string of the molecule is NCc1cnc(CSc2cccc(F)c2)[nH]1. The van der Waals surface area contributed by atoms with E-state index in [4.69, 9.17) is 5.73 Å². The van der Waals surface area contributed by atoms with E-state index in [9.17, 15) is 4.39 Å². The van der Waals surface area contributed by atoms with Crippen molar-refractivity contribution in [3.8, 4) is 0 Å². The van der Waals surface area contributed by atoms with E-state index in [2.05, 4.69) is 9.97 Å². The molecule has 3 N–H and O–H groups in total. The van der Waals surface area contributed by atoms with Gasteiger partial charge < -0.3 is 10.7 Å². The molecule has 0 aliphatic heterocycles. The van der Waals surface area contributed by atoms with Crippen LogP contribution in [-0.4, -0.2) is 9.97 Å². The van der Waals surface area contributed by atoms with Crippen molar-refractivity contribution in [2.45, 2.75) is 17.2 Å². The van der Waals surface area contributed by atoms with Crippen LogP contribution in [0.25, 0.3) is 0 Å². The lowest BCUT2D eigenvalue weighted by atomic mass is 10.4. The molecule has 0 fully saturated rings. The Hall–Kier alpha value is -1.33. The molecule has 84 valence electrons. The molecule has 0 atom stereocenters. The first-order chi connectivity index (χ1) is 7.78. The maximum absolute atomic E-state index is 12.9. The number of benzene rings is 1. The monoisotopic (exact) mass is 237 g/mol. The van der Waals surface area contributed by atoms with Gasteiger partial charge in [-0.05, 0) is 18.2 Å². The summed E-state index contributed by atoms with van der Waals surface area (Å²) in [7, 11) is 0. The number of hydrogen-bond acceptors (Lipinski definition) is 3. The van der Waals surface area contributed by atoms with Gasteiger partial charge in [-0.2, -0.15) is 0 Å². The molecule has 0 aliphatic rings. The molecule has 0 unspecified atom stereocenters. The van der Waals surface area contributed by atoms with E-state index < -0.39 is 0 Å². The second kappa shape index (κ2) is 5.14. The molecule has 0 spiro atoms. The van der Waals surface area contributed by atoms with Crippen LogP contribution in [0.5, 0.6) is 0 Å². The Balaban J connectivity index is 1.96. The minimum Gasteiger partial charge on any atom is -0.344 e. The van der Waals surface area contributed by atoms with Crippen LogP contribution in [-0.2, 0) is 12.3 Å². The lowest BCUT2D eigenvalue weighted by molar-refractivity contribution is 0.624. The summed E-state index contributed by atoms with van der Waals surface area (Å²) in [5, 5.41) is 0. The number of nitrogens with two attached hydrogens (primary N) is 1. The van der Waals surface area contributed by atoms with Gasteiger partial charge in [0.25, 0.3) is 0 Å². The molecule has 0 bridgehead atoms. The molecule has 0 aliphatic carbocycles. The molecule has 1 aromatic heterocycles. The molecule has 1 heterocycles. The maximum atomic E-state index is 12.9. The van der Waals surface area contributed by atoms with Gasteiger partial charge in [-0.3, -0.25) is 0 Å². The fraction of sp³-hybridized carbons (Fsp3) is 0.182. The van der Waals surface area contributed by atoms with E-state index in [1.807, 2.05) is 6.07 Å². The van der Waals surface area contributed by atoms with Crippen LogP contribution in [0.1, 0.15) is 11.5 Å². The Morgan fingerprint density at radius 3 is 3.00 bits per heavy atom. The minimum absolute atomic E-state index is 0.216. The highest BCUT2D eigenvalue weighted by molar-refractivity contribution is 7.98. The zero-order valence-electron chi connectivity index (χ0n) is 8.61. The molecule has 0 radical (unpaired) electrons. The molecular formula is C11H12FN3S. The van der Waals surface area contributed by atoms with Crippen LogP contribution in [0.3, 0.4) is 0 Å². The van der Waals surface area contributed by atoms with Crippen LogP contribution >= 0.6 is 11.8 Å². The Labute approximate surface area is 97.3 Å². The summed E-state index contributed by atoms with van der Waals surface area (Å²) >= 11 is 1.54. The number of nitrogens with zero attached hydrogens (tertiary/aromatic N) is 1. The van der Waals surface area contributed by atoms with Gasteiger partial charge in [-0.25, -0.2) is 9.37 Å². The molecule has 5 heteroatoms. The average molecular weight is 237 g/mol. The first kappa shape index (κ1) is 11.2. The Morgan fingerprint density at radius 2 is 2.31 bits per heavy atom. The van der Waals surface area contributed by atoms with Crippen LogP contribution in [0.2, 0.25) is 0 Å². The number of rotatable bonds is 4.